The molecule has 0 heterocycles. The van der Waals surface area contributed by atoms with E-state index in [9.17, 15) is 4.79 Å². The maximum atomic E-state index is 11.7. The molecular formula is C15H24N2O2. The fourth-order valence-corrected chi connectivity index (χ4v) is 1.71. The van der Waals surface area contributed by atoms with Gasteiger partial charge in [0.25, 0.3) is 0 Å². The van der Waals surface area contributed by atoms with Crippen molar-refractivity contribution in [1.29, 1.82) is 0 Å². The minimum absolute atomic E-state index is 0.0197. The van der Waals surface area contributed by atoms with Crippen molar-refractivity contribution in [3.05, 3.63) is 30.3 Å². The first-order valence-corrected chi connectivity index (χ1v) is 6.58. The SMILES string of the molecule is COCCC(C)(C)CNCC(=O)Nc1ccccc1. The van der Waals surface area contributed by atoms with Gasteiger partial charge in [-0.15, -0.1) is 0 Å². The maximum absolute atomic E-state index is 11.7. The van der Waals surface area contributed by atoms with E-state index in [1.54, 1.807) is 7.11 Å². The molecule has 1 amide bonds. The molecule has 0 aliphatic rings. The van der Waals surface area contributed by atoms with Crippen LogP contribution in [-0.2, 0) is 9.53 Å². The van der Waals surface area contributed by atoms with E-state index in [0.717, 1.165) is 25.3 Å². The van der Waals surface area contributed by atoms with Gasteiger partial charge < -0.3 is 15.4 Å². The number of ether oxygens (including phenoxy) is 1. The highest BCUT2D eigenvalue weighted by Gasteiger charge is 2.17. The van der Waals surface area contributed by atoms with Crippen LogP contribution in [0.5, 0.6) is 0 Å². The predicted octanol–water partition coefficient (Wildman–Crippen LogP) is 2.28. The predicted molar refractivity (Wildman–Crippen MR) is 78.2 cm³/mol. The van der Waals surface area contributed by atoms with Crippen LogP contribution < -0.4 is 10.6 Å². The third-order valence-electron chi connectivity index (χ3n) is 2.93. The summed E-state index contributed by atoms with van der Waals surface area (Å²) in [6.45, 7) is 6.18. The lowest BCUT2D eigenvalue weighted by Crippen LogP contribution is -2.35. The van der Waals surface area contributed by atoms with Crippen molar-refractivity contribution in [3.63, 3.8) is 0 Å². The Bertz CT molecular complexity index is 377. The van der Waals surface area contributed by atoms with Gasteiger partial charge >= 0.3 is 0 Å². The van der Waals surface area contributed by atoms with Crippen molar-refractivity contribution >= 4 is 11.6 Å². The Hall–Kier alpha value is -1.39. The van der Waals surface area contributed by atoms with Crippen LogP contribution in [0.25, 0.3) is 0 Å². The summed E-state index contributed by atoms with van der Waals surface area (Å²) in [5.74, 6) is -0.0197. The van der Waals surface area contributed by atoms with Crippen LogP contribution in [-0.4, -0.2) is 32.7 Å². The molecule has 106 valence electrons. The third kappa shape index (κ3) is 6.94. The number of carbonyl (C=O) groups excluding carboxylic acids is 1. The molecule has 0 bridgehead atoms. The number of hydrogen-bond donors (Lipinski definition) is 2. The van der Waals surface area contributed by atoms with Gasteiger partial charge in [-0.2, -0.15) is 0 Å². The molecule has 1 rings (SSSR count). The molecule has 0 fully saturated rings. The van der Waals surface area contributed by atoms with E-state index >= 15 is 0 Å². The van der Waals surface area contributed by atoms with Crippen LogP contribution in [0.2, 0.25) is 0 Å². The Morgan fingerprint density at radius 2 is 1.95 bits per heavy atom. The zero-order valence-electron chi connectivity index (χ0n) is 12.0. The molecule has 0 radical (unpaired) electrons. The number of hydrogen-bond acceptors (Lipinski definition) is 3. The highest BCUT2D eigenvalue weighted by molar-refractivity contribution is 5.92. The minimum atomic E-state index is -0.0197. The first-order valence-electron chi connectivity index (χ1n) is 6.58. The van der Waals surface area contributed by atoms with Gasteiger partial charge in [0.1, 0.15) is 0 Å². The summed E-state index contributed by atoms with van der Waals surface area (Å²) < 4.78 is 5.08. The second-order valence-electron chi connectivity index (χ2n) is 5.42. The third-order valence-corrected chi connectivity index (χ3v) is 2.93. The molecule has 4 nitrogen and oxygen atoms in total. The lowest BCUT2D eigenvalue weighted by Gasteiger charge is -2.24. The molecule has 0 aliphatic heterocycles. The van der Waals surface area contributed by atoms with Crippen molar-refractivity contribution in [3.8, 4) is 0 Å². The number of benzene rings is 1. The molecule has 0 unspecified atom stereocenters. The van der Waals surface area contributed by atoms with Gasteiger partial charge in [-0.3, -0.25) is 4.79 Å². The zero-order valence-corrected chi connectivity index (χ0v) is 12.0. The van der Waals surface area contributed by atoms with Crippen molar-refractivity contribution in [2.24, 2.45) is 5.41 Å². The molecule has 4 heteroatoms. The largest absolute Gasteiger partial charge is 0.385 e. The van der Waals surface area contributed by atoms with Crippen LogP contribution in [0, 0.1) is 5.41 Å². The minimum Gasteiger partial charge on any atom is -0.385 e. The van der Waals surface area contributed by atoms with Gasteiger partial charge in [0.15, 0.2) is 0 Å². The average Bonchev–Trinajstić information content (AvgIpc) is 2.37. The highest BCUT2D eigenvalue weighted by Crippen LogP contribution is 2.18. The second kappa shape index (κ2) is 7.92. The fourth-order valence-electron chi connectivity index (χ4n) is 1.71. The van der Waals surface area contributed by atoms with E-state index in [0.29, 0.717) is 6.54 Å². The molecule has 1 aromatic rings. The van der Waals surface area contributed by atoms with Crippen LogP contribution >= 0.6 is 0 Å². The van der Waals surface area contributed by atoms with Gasteiger partial charge in [0.2, 0.25) is 5.91 Å². The highest BCUT2D eigenvalue weighted by atomic mass is 16.5. The first-order chi connectivity index (χ1) is 9.03. The molecule has 0 spiro atoms. The summed E-state index contributed by atoms with van der Waals surface area (Å²) in [5.41, 5.74) is 0.955. The Labute approximate surface area is 115 Å². The molecule has 0 aromatic heterocycles. The smallest absolute Gasteiger partial charge is 0.238 e. The lowest BCUT2D eigenvalue weighted by atomic mass is 9.90. The molecular weight excluding hydrogens is 240 g/mol. The standard InChI is InChI=1S/C15H24N2O2/c1-15(2,9-10-19-3)12-16-11-14(18)17-13-7-5-4-6-8-13/h4-8,16H,9-12H2,1-3H3,(H,17,18). The fraction of sp³-hybridized carbons (Fsp3) is 0.533. The van der Waals surface area contributed by atoms with E-state index < -0.39 is 0 Å². The van der Waals surface area contributed by atoms with E-state index in [4.69, 9.17) is 4.74 Å². The van der Waals surface area contributed by atoms with Gasteiger partial charge in [0.05, 0.1) is 6.54 Å². The Morgan fingerprint density at radius 3 is 2.58 bits per heavy atom. The van der Waals surface area contributed by atoms with Crippen molar-refractivity contribution in [2.45, 2.75) is 20.3 Å². The summed E-state index contributed by atoms with van der Waals surface area (Å²) in [4.78, 5) is 11.7. The molecule has 0 atom stereocenters. The summed E-state index contributed by atoms with van der Waals surface area (Å²) in [5, 5.41) is 6.03. The summed E-state index contributed by atoms with van der Waals surface area (Å²) in [7, 11) is 1.71. The number of amides is 1. The molecule has 0 aliphatic carbocycles. The van der Waals surface area contributed by atoms with Gasteiger partial charge in [-0.05, 0) is 24.0 Å². The van der Waals surface area contributed by atoms with Crippen LogP contribution in [0.4, 0.5) is 5.69 Å². The lowest BCUT2D eigenvalue weighted by molar-refractivity contribution is -0.115. The number of carbonyl (C=O) groups is 1. The van der Waals surface area contributed by atoms with Gasteiger partial charge in [0, 0.05) is 25.9 Å². The Balaban J connectivity index is 2.23. The van der Waals surface area contributed by atoms with Crippen molar-refractivity contribution in [2.75, 3.05) is 32.1 Å². The topological polar surface area (TPSA) is 50.4 Å². The molecule has 1 aromatic carbocycles. The Morgan fingerprint density at radius 1 is 1.26 bits per heavy atom. The number of nitrogens with one attached hydrogen (secondary N) is 2. The number of rotatable bonds is 8. The summed E-state index contributed by atoms with van der Waals surface area (Å²) in [6, 6.07) is 9.47. The number of methoxy groups -OCH3 is 1. The van der Waals surface area contributed by atoms with Gasteiger partial charge in [-0.25, -0.2) is 0 Å². The monoisotopic (exact) mass is 264 g/mol. The van der Waals surface area contributed by atoms with E-state index in [1.165, 1.54) is 0 Å². The molecule has 0 saturated carbocycles. The van der Waals surface area contributed by atoms with E-state index in [2.05, 4.69) is 24.5 Å². The molecule has 19 heavy (non-hydrogen) atoms. The normalized spacial score (nSPS) is 11.3. The second-order valence-corrected chi connectivity index (χ2v) is 5.42. The molecule has 2 N–H and O–H groups in total. The van der Waals surface area contributed by atoms with Gasteiger partial charge in [-0.1, -0.05) is 32.0 Å². The zero-order chi connectivity index (χ0) is 14.1. The van der Waals surface area contributed by atoms with Crippen molar-refractivity contribution < 1.29 is 9.53 Å². The number of anilines is 1. The maximum Gasteiger partial charge on any atom is 0.238 e. The van der Waals surface area contributed by atoms with Crippen LogP contribution in [0.15, 0.2) is 30.3 Å². The molecule has 0 saturated heterocycles. The van der Waals surface area contributed by atoms with Crippen LogP contribution in [0.3, 0.4) is 0 Å². The summed E-state index contributed by atoms with van der Waals surface area (Å²) in [6.07, 6.45) is 0.969. The summed E-state index contributed by atoms with van der Waals surface area (Å²) >= 11 is 0. The van der Waals surface area contributed by atoms with E-state index in [-0.39, 0.29) is 11.3 Å². The Kier molecular flexibility index (Phi) is 6.53. The van der Waals surface area contributed by atoms with E-state index in [1.807, 2.05) is 30.3 Å². The van der Waals surface area contributed by atoms with Crippen molar-refractivity contribution in [1.82, 2.24) is 5.32 Å². The van der Waals surface area contributed by atoms with Crippen LogP contribution in [0.1, 0.15) is 20.3 Å². The average molecular weight is 264 g/mol. The quantitative estimate of drug-likeness (QED) is 0.757. The number of para-hydroxylation sites is 1. The first kappa shape index (κ1) is 15.7.